The molecular weight excluding hydrogens is 288 g/mol. The molecule has 5 nitrogen and oxygen atoms in total. The first kappa shape index (κ1) is 13.7. The van der Waals surface area contributed by atoms with Gasteiger partial charge in [-0.2, -0.15) is 0 Å². The zero-order chi connectivity index (χ0) is 16.0. The van der Waals surface area contributed by atoms with Gasteiger partial charge in [0, 0.05) is 0 Å². The molecule has 0 aliphatic carbocycles. The predicted molar refractivity (Wildman–Crippen MR) is 90.2 cm³/mol. The Morgan fingerprint density at radius 3 is 2.48 bits per heavy atom. The Balaban J connectivity index is 2.16. The van der Waals surface area contributed by atoms with E-state index in [4.69, 9.17) is 0 Å². The fraction of sp³-hybridized carbons (Fsp3) is 0.167. The fourth-order valence-corrected chi connectivity index (χ4v) is 2.95. The number of fused-ring (bicyclic) bond motifs is 3. The summed E-state index contributed by atoms with van der Waals surface area (Å²) < 4.78 is 3.55. The van der Waals surface area contributed by atoms with Crippen LogP contribution in [-0.2, 0) is 6.42 Å². The van der Waals surface area contributed by atoms with Gasteiger partial charge < -0.3 is 0 Å². The van der Waals surface area contributed by atoms with Gasteiger partial charge in [0.25, 0.3) is 5.56 Å². The molecule has 2 aromatic carbocycles. The largest absolute Gasteiger partial charge is 0.268 e. The van der Waals surface area contributed by atoms with E-state index < -0.39 is 0 Å². The lowest BCUT2D eigenvalue weighted by atomic mass is 10.1. The second-order valence-electron chi connectivity index (χ2n) is 5.56. The molecule has 0 atom stereocenters. The van der Waals surface area contributed by atoms with E-state index in [1.807, 2.05) is 59.9 Å². The van der Waals surface area contributed by atoms with Crippen LogP contribution in [0.3, 0.4) is 0 Å². The van der Waals surface area contributed by atoms with Gasteiger partial charge in [-0.05, 0) is 43.2 Å². The molecule has 4 rings (SSSR count). The predicted octanol–water partition coefficient (Wildman–Crippen LogP) is 2.90. The summed E-state index contributed by atoms with van der Waals surface area (Å²) >= 11 is 0. The van der Waals surface area contributed by atoms with E-state index in [0.717, 1.165) is 23.4 Å². The number of para-hydroxylation sites is 1. The number of aryl methyl sites for hydroxylation is 2. The van der Waals surface area contributed by atoms with Gasteiger partial charge in [0.05, 0.1) is 16.6 Å². The third kappa shape index (κ3) is 1.97. The summed E-state index contributed by atoms with van der Waals surface area (Å²) in [5, 5.41) is 9.04. The van der Waals surface area contributed by atoms with Crippen molar-refractivity contribution in [2.75, 3.05) is 0 Å². The molecule has 0 N–H and O–H groups in total. The average molecular weight is 304 g/mol. The Morgan fingerprint density at radius 1 is 1.00 bits per heavy atom. The molecule has 0 bridgehead atoms. The van der Waals surface area contributed by atoms with Crippen LogP contribution in [0.5, 0.6) is 0 Å². The lowest BCUT2D eigenvalue weighted by Gasteiger charge is -2.11. The molecular formula is C18H16N4O. The Kier molecular flexibility index (Phi) is 3.01. The van der Waals surface area contributed by atoms with Crippen molar-refractivity contribution in [3.05, 3.63) is 70.3 Å². The van der Waals surface area contributed by atoms with Crippen LogP contribution in [0.1, 0.15) is 18.3 Å². The monoisotopic (exact) mass is 304 g/mol. The minimum Gasteiger partial charge on any atom is -0.268 e. The first-order valence-electron chi connectivity index (χ1n) is 7.65. The van der Waals surface area contributed by atoms with Gasteiger partial charge in [-0.15, -0.1) is 10.2 Å². The minimum atomic E-state index is -0.0789. The summed E-state index contributed by atoms with van der Waals surface area (Å²) in [5.74, 6) is 1.30. The lowest BCUT2D eigenvalue weighted by Crippen LogP contribution is -2.21. The van der Waals surface area contributed by atoms with Crippen LogP contribution in [0.15, 0.2) is 53.3 Å². The number of hydrogen-bond donors (Lipinski definition) is 0. The number of rotatable bonds is 2. The van der Waals surface area contributed by atoms with Crippen LogP contribution >= 0.6 is 0 Å². The van der Waals surface area contributed by atoms with E-state index in [1.54, 1.807) is 4.57 Å². The Bertz CT molecular complexity index is 1070. The van der Waals surface area contributed by atoms with Gasteiger partial charge in [-0.25, -0.2) is 4.57 Å². The topological polar surface area (TPSA) is 52.2 Å². The first-order chi connectivity index (χ1) is 11.2. The maximum atomic E-state index is 13.0. The van der Waals surface area contributed by atoms with Gasteiger partial charge in [0.2, 0.25) is 5.78 Å². The van der Waals surface area contributed by atoms with Crippen LogP contribution in [0.25, 0.3) is 22.4 Å². The molecule has 114 valence electrons. The fourth-order valence-electron chi connectivity index (χ4n) is 2.95. The van der Waals surface area contributed by atoms with Gasteiger partial charge >= 0.3 is 0 Å². The van der Waals surface area contributed by atoms with Crippen molar-refractivity contribution in [2.24, 2.45) is 0 Å². The molecule has 4 aromatic rings. The van der Waals surface area contributed by atoms with Crippen LogP contribution in [0, 0.1) is 6.92 Å². The molecule has 0 unspecified atom stereocenters. The molecule has 0 saturated carbocycles. The molecule has 0 aliphatic rings. The van der Waals surface area contributed by atoms with Crippen molar-refractivity contribution in [1.29, 1.82) is 0 Å². The molecule has 0 saturated heterocycles. The quantitative estimate of drug-likeness (QED) is 0.572. The molecule has 2 heterocycles. The highest BCUT2D eigenvalue weighted by Crippen LogP contribution is 2.17. The van der Waals surface area contributed by atoms with Crippen LogP contribution in [0.4, 0.5) is 0 Å². The summed E-state index contributed by atoms with van der Waals surface area (Å²) in [6.07, 6.45) is 0.965. The first-order valence-corrected chi connectivity index (χ1v) is 7.65. The summed E-state index contributed by atoms with van der Waals surface area (Å²) in [6.45, 7) is 4.00. The van der Waals surface area contributed by atoms with Crippen LogP contribution in [-0.4, -0.2) is 19.2 Å². The van der Waals surface area contributed by atoms with Crippen LogP contribution in [0.2, 0.25) is 0 Å². The van der Waals surface area contributed by atoms with Gasteiger partial charge in [-0.1, -0.05) is 31.2 Å². The molecule has 0 amide bonds. The van der Waals surface area contributed by atoms with Gasteiger partial charge in [-0.3, -0.25) is 9.20 Å². The smallest absolute Gasteiger partial charge is 0.267 e. The summed E-state index contributed by atoms with van der Waals surface area (Å²) in [6, 6.07) is 15.5. The molecule has 2 aromatic heterocycles. The van der Waals surface area contributed by atoms with E-state index in [1.165, 1.54) is 5.56 Å². The van der Waals surface area contributed by atoms with Crippen molar-refractivity contribution in [3.63, 3.8) is 0 Å². The average Bonchev–Trinajstić information content (AvgIpc) is 2.97. The molecule has 23 heavy (non-hydrogen) atoms. The van der Waals surface area contributed by atoms with E-state index in [2.05, 4.69) is 17.1 Å². The molecule has 0 radical (unpaired) electrons. The van der Waals surface area contributed by atoms with E-state index in [0.29, 0.717) is 11.2 Å². The third-order valence-electron chi connectivity index (χ3n) is 4.19. The number of hydrogen-bond acceptors (Lipinski definition) is 3. The maximum Gasteiger partial charge on any atom is 0.267 e. The zero-order valence-electron chi connectivity index (χ0n) is 13.0. The number of benzene rings is 2. The van der Waals surface area contributed by atoms with Crippen molar-refractivity contribution >= 4 is 16.7 Å². The lowest BCUT2D eigenvalue weighted by molar-refractivity contribution is 0.962. The van der Waals surface area contributed by atoms with Crippen molar-refractivity contribution in [1.82, 2.24) is 19.2 Å². The second-order valence-corrected chi connectivity index (χ2v) is 5.56. The van der Waals surface area contributed by atoms with Crippen LogP contribution < -0.4 is 5.56 Å². The standard InChI is InChI=1S/C18H16N4O/c1-3-13-8-10-14(11-9-13)22-17(23)15-6-4-5-7-16(15)21-12(2)19-20-18(21)22/h4-11H,3H2,1-2H3. The van der Waals surface area contributed by atoms with E-state index in [-0.39, 0.29) is 5.56 Å². The number of nitrogens with zero attached hydrogens (tertiary/aromatic N) is 4. The normalized spacial score (nSPS) is 11.4. The van der Waals surface area contributed by atoms with Crippen molar-refractivity contribution in [3.8, 4) is 5.69 Å². The molecule has 0 spiro atoms. The zero-order valence-corrected chi connectivity index (χ0v) is 13.0. The third-order valence-corrected chi connectivity index (χ3v) is 4.19. The van der Waals surface area contributed by atoms with E-state index in [9.17, 15) is 4.79 Å². The highest BCUT2D eigenvalue weighted by molar-refractivity contribution is 5.81. The molecule has 0 fully saturated rings. The minimum absolute atomic E-state index is 0.0789. The van der Waals surface area contributed by atoms with Gasteiger partial charge in [0.15, 0.2) is 0 Å². The Morgan fingerprint density at radius 2 is 1.74 bits per heavy atom. The SMILES string of the molecule is CCc1ccc(-n2c(=O)c3ccccc3n3c(C)nnc23)cc1. The summed E-state index contributed by atoms with van der Waals surface area (Å²) in [4.78, 5) is 13.0. The Labute approximate surface area is 132 Å². The Hall–Kier alpha value is -2.95. The maximum absolute atomic E-state index is 13.0. The molecule has 5 heteroatoms. The summed E-state index contributed by atoms with van der Waals surface area (Å²) in [7, 11) is 0. The van der Waals surface area contributed by atoms with Crippen molar-refractivity contribution < 1.29 is 0 Å². The highest BCUT2D eigenvalue weighted by atomic mass is 16.1. The van der Waals surface area contributed by atoms with Gasteiger partial charge in [0.1, 0.15) is 5.82 Å². The summed E-state index contributed by atoms with van der Waals surface area (Å²) in [5.41, 5.74) is 2.78. The van der Waals surface area contributed by atoms with E-state index >= 15 is 0 Å². The highest BCUT2D eigenvalue weighted by Gasteiger charge is 2.15. The second kappa shape index (κ2) is 5.05. The van der Waals surface area contributed by atoms with Crippen molar-refractivity contribution in [2.45, 2.75) is 20.3 Å². The molecule has 0 aliphatic heterocycles. The number of aromatic nitrogens is 4.